The van der Waals surface area contributed by atoms with Crippen molar-refractivity contribution < 1.29 is 8.42 Å². The molecule has 2 aliphatic rings. The Bertz CT molecular complexity index is 381. The molecule has 1 aliphatic heterocycles. The summed E-state index contributed by atoms with van der Waals surface area (Å²) in [7, 11) is -0.980. The van der Waals surface area contributed by atoms with E-state index in [1.54, 1.807) is 4.31 Å². The zero-order valence-electron chi connectivity index (χ0n) is 12.1. The lowest BCUT2D eigenvalue weighted by Gasteiger charge is -2.38. The molecule has 5 nitrogen and oxygen atoms in total. The molecule has 1 saturated carbocycles. The molecule has 112 valence electrons. The van der Waals surface area contributed by atoms with Crippen molar-refractivity contribution in [3.8, 4) is 0 Å². The lowest BCUT2D eigenvalue weighted by Crippen LogP contribution is -2.53. The van der Waals surface area contributed by atoms with E-state index in [1.165, 1.54) is 12.8 Å². The highest BCUT2D eigenvalue weighted by atomic mass is 32.2. The molecule has 0 aromatic rings. The predicted molar refractivity (Wildman–Crippen MR) is 77.7 cm³/mol. The van der Waals surface area contributed by atoms with Crippen LogP contribution in [-0.4, -0.2) is 68.7 Å². The molecule has 1 N–H and O–H groups in total. The van der Waals surface area contributed by atoms with Crippen molar-refractivity contribution in [1.29, 1.82) is 0 Å². The summed E-state index contributed by atoms with van der Waals surface area (Å²) in [5, 5.41) is 3.37. The summed E-state index contributed by atoms with van der Waals surface area (Å²) >= 11 is 0. The molecule has 0 amide bonds. The molecule has 6 heteroatoms. The zero-order chi connectivity index (χ0) is 13.9. The molecule has 0 bridgehead atoms. The molecule has 1 aliphatic carbocycles. The molecular formula is C13H27N3O2S. The van der Waals surface area contributed by atoms with Gasteiger partial charge in [0.25, 0.3) is 0 Å². The lowest BCUT2D eigenvalue weighted by atomic mass is 10.1. The second kappa shape index (κ2) is 6.52. The van der Waals surface area contributed by atoms with E-state index in [0.717, 1.165) is 25.9 Å². The summed E-state index contributed by atoms with van der Waals surface area (Å²) in [4.78, 5) is 2.26. The summed E-state index contributed by atoms with van der Waals surface area (Å²) in [6.45, 7) is 5.10. The molecule has 1 unspecified atom stereocenters. The van der Waals surface area contributed by atoms with Crippen molar-refractivity contribution in [1.82, 2.24) is 14.5 Å². The van der Waals surface area contributed by atoms with Gasteiger partial charge in [-0.1, -0.05) is 6.92 Å². The van der Waals surface area contributed by atoms with Gasteiger partial charge in [0.05, 0.1) is 5.75 Å². The van der Waals surface area contributed by atoms with E-state index in [9.17, 15) is 8.42 Å². The summed E-state index contributed by atoms with van der Waals surface area (Å²) in [5.74, 6) is 0.285. The number of nitrogens with one attached hydrogen (secondary N) is 1. The van der Waals surface area contributed by atoms with Crippen LogP contribution in [0.5, 0.6) is 0 Å². The maximum atomic E-state index is 12.3. The summed E-state index contributed by atoms with van der Waals surface area (Å²) in [6.07, 6.45) is 4.24. The first kappa shape index (κ1) is 15.2. The Labute approximate surface area is 117 Å². The van der Waals surface area contributed by atoms with Crippen LogP contribution < -0.4 is 5.32 Å². The fourth-order valence-electron chi connectivity index (χ4n) is 2.59. The van der Waals surface area contributed by atoms with Crippen molar-refractivity contribution in [3.05, 3.63) is 0 Å². The van der Waals surface area contributed by atoms with Crippen LogP contribution in [0, 0.1) is 0 Å². The Morgan fingerprint density at radius 1 is 1.26 bits per heavy atom. The Kier molecular flexibility index (Phi) is 5.22. The van der Waals surface area contributed by atoms with Crippen molar-refractivity contribution >= 4 is 10.0 Å². The lowest BCUT2D eigenvalue weighted by molar-refractivity contribution is 0.144. The van der Waals surface area contributed by atoms with E-state index in [4.69, 9.17) is 0 Å². The predicted octanol–water partition coefficient (Wildman–Crippen LogP) is 0.484. The minimum Gasteiger partial charge on any atom is -0.314 e. The standard InChI is InChI=1S/C13H27N3O2S/c1-3-13-11-16(9-8-15(13)2)19(17,18)10-4-7-14-12-5-6-12/h12-14H,3-11H2,1-2H3. The van der Waals surface area contributed by atoms with Gasteiger partial charge < -0.3 is 10.2 Å². The van der Waals surface area contributed by atoms with Crippen LogP contribution in [0.25, 0.3) is 0 Å². The molecule has 2 fully saturated rings. The van der Waals surface area contributed by atoms with Gasteiger partial charge in [0.1, 0.15) is 0 Å². The van der Waals surface area contributed by atoms with E-state index >= 15 is 0 Å². The fraction of sp³-hybridized carbons (Fsp3) is 1.00. The second-order valence-electron chi connectivity index (χ2n) is 5.80. The molecule has 0 radical (unpaired) electrons. The fourth-order valence-corrected chi connectivity index (χ4v) is 4.11. The Morgan fingerprint density at radius 2 is 2.00 bits per heavy atom. The molecule has 0 aromatic carbocycles. The topological polar surface area (TPSA) is 52.7 Å². The van der Waals surface area contributed by atoms with Gasteiger partial charge >= 0.3 is 0 Å². The largest absolute Gasteiger partial charge is 0.314 e. The van der Waals surface area contributed by atoms with Crippen LogP contribution >= 0.6 is 0 Å². The Hall–Kier alpha value is -0.170. The number of nitrogens with zero attached hydrogens (tertiary/aromatic N) is 2. The molecule has 1 atom stereocenters. The smallest absolute Gasteiger partial charge is 0.214 e. The third kappa shape index (κ3) is 4.41. The van der Waals surface area contributed by atoms with Crippen molar-refractivity contribution in [2.24, 2.45) is 0 Å². The number of rotatable bonds is 7. The highest BCUT2D eigenvalue weighted by molar-refractivity contribution is 7.89. The van der Waals surface area contributed by atoms with E-state index in [1.807, 2.05) is 0 Å². The average Bonchev–Trinajstić information content (AvgIpc) is 3.19. The van der Waals surface area contributed by atoms with Gasteiger partial charge in [-0.05, 0) is 39.3 Å². The maximum Gasteiger partial charge on any atom is 0.214 e. The third-order valence-corrected chi connectivity index (χ3v) is 6.12. The molecule has 1 heterocycles. The number of hydrogen-bond donors (Lipinski definition) is 1. The van der Waals surface area contributed by atoms with Gasteiger partial charge in [0.2, 0.25) is 10.0 Å². The first-order chi connectivity index (χ1) is 9.03. The molecule has 19 heavy (non-hydrogen) atoms. The van der Waals surface area contributed by atoms with Crippen LogP contribution in [-0.2, 0) is 10.0 Å². The minimum absolute atomic E-state index is 0.285. The minimum atomic E-state index is -3.06. The van der Waals surface area contributed by atoms with Crippen LogP contribution in [0.3, 0.4) is 0 Å². The molecule has 2 rings (SSSR count). The molecular weight excluding hydrogens is 262 g/mol. The number of hydrogen-bond acceptors (Lipinski definition) is 4. The van der Waals surface area contributed by atoms with E-state index in [0.29, 0.717) is 25.2 Å². The third-order valence-electron chi connectivity index (χ3n) is 4.19. The van der Waals surface area contributed by atoms with E-state index in [2.05, 4.69) is 24.2 Å². The molecule has 0 aromatic heterocycles. The SMILES string of the molecule is CCC1CN(S(=O)(=O)CCCNC2CC2)CCN1C. The summed E-state index contributed by atoms with van der Waals surface area (Å²) < 4.78 is 26.3. The van der Waals surface area contributed by atoms with E-state index in [-0.39, 0.29) is 5.75 Å². The first-order valence-electron chi connectivity index (χ1n) is 7.44. The number of sulfonamides is 1. The first-order valence-corrected chi connectivity index (χ1v) is 9.05. The highest BCUT2D eigenvalue weighted by Crippen LogP contribution is 2.18. The van der Waals surface area contributed by atoms with Gasteiger partial charge in [0, 0.05) is 31.7 Å². The van der Waals surface area contributed by atoms with Crippen LogP contribution in [0.1, 0.15) is 32.6 Å². The van der Waals surface area contributed by atoms with Crippen molar-refractivity contribution in [3.63, 3.8) is 0 Å². The van der Waals surface area contributed by atoms with Gasteiger partial charge in [-0.25, -0.2) is 8.42 Å². The summed E-state index contributed by atoms with van der Waals surface area (Å²) in [6, 6.07) is 1.03. The normalized spacial score (nSPS) is 26.7. The number of piperazine rings is 1. The van der Waals surface area contributed by atoms with Crippen molar-refractivity contribution in [2.45, 2.75) is 44.7 Å². The molecule has 1 saturated heterocycles. The second-order valence-corrected chi connectivity index (χ2v) is 7.89. The summed E-state index contributed by atoms with van der Waals surface area (Å²) in [5.41, 5.74) is 0. The average molecular weight is 289 g/mol. The monoisotopic (exact) mass is 289 g/mol. The van der Waals surface area contributed by atoms with Crippen molar-refractivity contribution in [2.75, 3.05) is 39.0 Å². The van der Waals surface area contributed by atoms with Crippen LogP contribution in [0.4, 0.5) is 0 Å². The van der Waals surface area contributed by atoms with Gasteiger partial charge in [0.15, 0.2) is 0 Å². The van der Waals surface area contributed by atoms with Gasteiger partial charge in [-0.15, -0.1) is 0 Å². The zero-order valence-corrected chi connectivity index (χ0v) is 13.0. The Balaban J connectivity index is 1.77. The number of likely N-dealkylation sites (N-methyl/N-ethyl adjacent to an activating group) is 1. The highest BCUT2D eigenvalue weighted by Gasteiger charge is 2.30. The maximum absolute atomic E-state index is 12.3. The van der Waals surface area contributed by atoms with Crippen LogP contribution in [0.2, 0.25) is 0 Å². The van der Waals surface area contributed by atoms with E-state index < -0.39 is 10.0 Å². The molecule has 0 spiro atoms. The Morgan fingerprint density at radius 3 is 2.63 bits per heavy atom. The quantitative estimate of drug-likeness (QED) is 0.693. The van der Waals surface area contributed by atoms with Gasteiger partial charge in [-0.3, -0.25) is 0 Å². The van der Waals surface area contributed by atoms with Crippen LogP contribution in [0.15, 0.2) is 0 Å². The van der Waals surface area contributed by atoms with Gasteiger partial charge in [-0.2, -0.15) is 4.31 Å².